The van der Waals surface area contributed by atoms with E-state index in [0.29, 0.717) is 12.3 Å². The Balaban J connectivity index is 1.40. The van der Waals surface area contributed by atoms with E-state index in [1.807, 2.05) is 43.1 Å². The van der Waals surface area contributed by atoms with Gasteiger partial charge in [-0.1, -0.05) is 12.1 Å². The number of carbonyl (C=O) groups excluding carboxylic acids is 1. The first-order valence-electron chi connectivity index (χ1n) is 10.4. The van der Waals surface area contributed by atoms with Crippen molar-refractivity contribution in [3.05, 3.63) is 59.7 Å². The number of aromatic nitrogens is 2. The van der Waals surface area contributed by atoms with Crippen LogP contribution in [0, 0.1) is 12.8 Å². The Bertz CT molecular complexity index is 749. The minimum atomic E-state index is 0.244. The molecule has 0 unspecified atom stereocenters. The second kappa shape index (κ2) is 10.3. The van der Waals surface area contributed by atoms with Crippen LogP contribution in [0.4, 0.5) is 0 Å². The number of hydrogen-bond acceptors (Lipinski definition) is 4. The topological polar surface area (TPSA) is 49.3 Å². The molecule has 1 aliphatic rings. The molecule has 0 N–H and O–H groups in total. The van der Waals surface area contributed by atoms with Crippen molar-refractivity contribution in [2.75, 3.05) is 26.7 Å². The largest absolute Gasteiger partial charge is 0.345 e. The molecule has 5 heteroatoms. The smallest absolute Gasteiger partial charge is 0.222 e. The number of nitrogens with zero attached hydrogens (tertiary/aromatic N) is 4. The van der Waals surface area contributed by atoms with E-state index in [0.717, 1.165) is 56.1 Å². The molecule has 0 radical (unpaired) electrons. The van der Waals surface area contributed by atoms with Crippen molar-refractivity contribution in [1.29, 1.82) is 0 Å². The average molecular weight is 381 g/mol. The Morgan fingerprint density at radius 2 is 2.07 bits per heavy atom. The average Bonchev–Trinajstić information content (AvgIpc) is 2.71. The lowest BCUT2D eigenvalue weighted by Gasteiger charge is -2.32. The van der Waals surface area contributed by atoms with Crippen molar-refractivity contribution in [3.8, 4) is 0 Å². The van der Waals surface area contributed by atoms with Crippen LogP contribution in [0.15, 0.2) is 42.6 Å². The molecule has 0 saturated carbocycles. The fourth-order valence-electron chi connectivity index (χ4n) is 3.92. The molecule has 5 nitrogen and oxygen atoms in total. The zero-order chi connectivity index (χ0) is 19.8. The number of pyridine rings is 2. The minimum Gasteiger partial charge on any atom is -0.345 e. The van der Waals surface area contributed by atoms with E-state index in [1.54, 1.807) is 6.20 Å². The van der Waals surface area contributed by atoms with Gasteiger partial charge < -0.3 is 4.90 Å². The number of amides is 1. The van der Waals surface area contributed by atoms with Gasteiger partial charge >= 0.3 is 0 Å². The lowest BCUT2D eigenvalue weighted by atomic mass is 9.93. The van der Waals surface area contributed by atoms with E-state index in [-0.39, 0.29) is 5.91 Å². The molecular weight excluding hydrogens is 348 g/mol. The van der Waals surface area contributed by atoms with Crippen LogP contribution in [0.1, 0.15) is 42.8 Å². The van der Waals surface area contributed by atoms with Crippen LogP contribution in [-0.2, 0) is 17.8 Å². The molecule has 3 heterocycles. The maximum absolute atomic E-state index is 12.5. The van der Waals surface area contributed by atoms with Gasteiger partial charge in [0.05, 0.1) is 5.69 Å². The van der Waals surface area contributed by atoms with Gasteiger partial charge in [0.25, 0.3) is 0 Å². The Morgan fingerprint density at radius 3 is 2.86 bits per heavy atom. The van der Waals surface area contributed by atoms with E-state index in [2.05, 4.69) is 27.0 Å². The highest BCUT2D eigenvalue weighted by molar-refractivity contribution is 5.75. The number of rotatable bonds is 8. The zero-order valence-electron chi connectivity index (χ0n) is 17.2. The fraction of sp³-hybridized carbons (Fsp3) is 0.522. The molecule has 1 fully saturated rings. The highest BCUT2D eigenvalue weighted by atomic mass is 16.2. The molecule has 2 aromatic heterocycles. The van der Waals surface area contributed by atoms with Crippen LogP contribution < -0.4 is 0 Å². The summed E-state index contributed by atoms with van der Waals surface area (Å²) < 4.78 is 0. The van der Waals surface area contributed by atoms with Gasteiger partial charge in [-0.05, 0) is 62.9 Å². The minimum absolute atomic E-state index is 0.244. The second-order valence-electron chi connectivity index (χ2n) is 7.94. The number of aryl methyl sites for hydroxylation is 1. The second-order valence-corrected chi connectivity index (χ2v) is 7.94. The number of carbonyl (C=O) groups is 1. The first-order chi connectivity index (χ1) is 13.6. The van der Waals surface area contributed by atoms with Gasteiger partial charge in [-0.25, -0.2) is 0 Å². The standard InChI is InChI=1S/C23H32N4O/c1-19-7-5-10-22(25-19)18-27-15-6-8-20(17-27)11-12-23(28)26(2)16-13-21-9-3-4-14-24-21/h3-5,7,9-10,14,20H,6,8,11-13,15-18H2,1-2H3/t20-/m0/s1. The molecule has 3 rings (SSSR count). The Hall–Kier alpha value is -2.27. The molecule has 0 aliphatic carbocycles. The molecular formula is C23H32N4O. The third-order valence-electron chi connectivity index (χ3n) is 5.56. The highest BCUT2D eigenvalue weighted by Crippen LogP contribution is 2.22. The van der Waals surface area contributed by atoms with Crippen molar-refractivity contribution in [2.45, 2.75) is 45.6 Å². The zero-order valence-corrected chi connectivity index (χ0v) is 17.2. The third kappa shape index (κ3) is 6.41. The van der Waals surface area contributed by atoms with Gasteiger partial charge in [0.15, 0.2) is 0 Å². The molecule has 1 aliphatic heterocycles. The maximum Gasteiger partial charge on any atom is 0.222 e. The number of hydrogen-bond donors (Lipinski definition) is 0. The molecule has 150 valence electrons. The van der Waals surface area contributed by atoms with E-state index < -0.39 is 0 Å². The summed E-state index contributed by atoms with van der Waals surface area (Å²) in [5.74, 6) is 0.847. The predicted octanol–water partition coefficient (Wildman–Crippen LogP) is 3.48. The van der Waals surface area contributed by atoms with Gasteiger partial charge in [0.2, 0.25) is 5.91 Å². The Morgan fingerprint density at radius 1 is 1.21 bits per heavy atom. The molecule has 1 amide bonds. The van der Waals surface area contributed by atoms with Crippen LogP contribution >= 0.6 is 0 Å². The highest BCUT2D eigenvalue weighted by Gasteiger charge is 2.21. The monoisotopic (exact) mass is 380 g/mol. The van der Waals surface area contributed by atoms with Crippen LogP contribution in [0.25, 0.3) is 0 Å². The lowest BCUT2D eigenvalue weighted by molar-refractivity contribution is -0.130. The normalized spacial score (nSPS) is 17.4. The third-order valence-corrected chi connectivity index (χ3v) is 5.56. The van der Waals surface area contributed by atoms with Crippen molar-refractivity contribution in [3.63, 3.8) is 0 Å². The van der Waals surface area contributed by atoms with Crippen molar-refractivity contribution in [1.82, 2.24) is 19.8 Å². The summed E-state index contributed by atoms with van der Waals surface area (Å²) in [5, 5.41) is 0. The van der Waals surface area contributed by atoms with Crippen molar-refractivity contribution in [2.24, 2.45) is 5.92 Å². The summed E-state index contributed by atoms with van der Waals surface area (Å²) in [4.78, 5) is 25.8. The van der Waals surface area contributed by atoms with Gasteiger partial charge in [-0.15, -0.1) is 0 Å². The summed E-state index contributed by atoms with van der Waals surface area (Å²) in [5.41, 5.74) is 3.26. The van der Waals surface area contributed by atoms with E-state index in [1.165, 1.54) is 12.8 Å². The maximum atomic E-state index is 12.5. The molecule has 2 aromatic rings. The molecule has 0 bridgehead atoms. The van der Waals surface area contributed by atoms with E-state index >= 15 is 0 Å². The summed E-state index contributed by atoms with van der Waals surface area (Å²) in [6, 6.07) is 12.2. The number of likely N-dealkylation sites (tertiary alicyclic amines) is 1. The van der Waals surface area contributed by atoms with Gasteiger partial charge in [0.1, 0.15) is 0 Å². The van der Waals surface area contributed by atoms with Crippen LogP contribution in [0.5, 0.6) is 0 Å². The SMILES string of the molecule is Cc1cccc(CN2CCC[C@@H](CCC(=O)N(C)CCc3ccccn3)C2)n1. The Labute approximate surface area is 168 Å². The first-order valence-corrected chi connectivity index (χ1v) is 10.4. The molecule has 0 aromatic carbocycles. The quantitative estimate of drug-likeness (QED) is 0.703. The molecule has 1 saturated heterocycles. The molecule has 28 heavy (non-hydrogen) atoms. The first kappa shape index (κ1) is 20.5. The summed E-state index contributed by atoms with van der Waals surface area (Å²) in [6.45, 7) is 5.88. The summed E-state index contributed by atoms with van der Waals surface area (Å²) in [7, 11) is 1.90. The summed E-state index contributed by atoms with van der Waals surface area (Å²) in [6.07, 6.45) is 6.66. The van der Waals surface area contributed by atoms with E-state index in [9.17, 15) is 4.79 Å². The van der Waals surface area contributed by atoms with E-state index in [4.69, 9.17) is 0 Å². The van der Waals surface area contributed by atoms with Gasteiger partial charge in [0, 0.05) is 57.1 Å². The van der Waals surface area contributed by atoms with Gasteiger partial charge in [-0.3, -0.25) is 19.7 Å². The van der Waals surface area contributed by atoms with Crippen molar-refractivity contribution >= 4 is 5.91 Å². The number of likely N-dealkylation sites (N-methyl/N-ethyl adjacent to an activating group) is 1. The van der Waals surface area contributed by atoms with Crippen LogP contribution in [-0.4, -0.2) is 52.4 Å². The van der Waals surface area contributed by atoms with Crippen LogP contribution in [0.3, 0.4) is 0 Å². The van der Waals surface area contributed by atoms with Crippen molar-refractivity contribution < 1.29 is 4.79 Å². The lowest BCUT2D eigenvalue weighted by Crippen LogP contribution is -2.36. The van der Waals surface area contributed by atoms with Gasteiger partial charge in [-0.2, -0.15) is 0 Å². The van der Waals surface area contributed by atoms with Crippen LogP contribution in [0.2, 0.25) is 0 Å². The fourth-order valence-corrected chi connectivity index (χ4v) is 3.92. The summed E-state index contributed by atoms with van der Waals surface area (Å²) >= 11 is 0. The molecule has 1 atom stereocenters. The number of piperidine rings is 1. The predicted molar refractivity (Wildman–Crippen MR) is 112 cm³/mol. The Kier molecular flexibility index (Phi) is 7.54. The molecule has 0 spiro atoms.